The number of aromatic nitrogens is 3. The largest absolute Gasteiger partial charge is 0.497 e. The summed E-state index contributed by atoms with van der Waals surface area (Å²) in [7, 11) is 3.21. The predicted molar refractivity (Wildman–Crippen MR) is 96.1 cm³/mol. The molecule has 0 fully saturated rings. The van der Waals surface area contributed by atoms with Gasteiger partial charge in [0.1, 0.15) is 23.9 Å². The average molecular weight is 344 g/mol. The average Bonchev–Trinajstić information content (AvgIpc) is 2.86. The molecule has 1 aliphatic rings. The van der Waals surface area contributed by atoms with Gasteiger partial charge in [0.2, 0.25) is 0 Å². The highest BCUT2D eigenvalue weighted by atomic mass is 16.5. The second-order valence-electron chi connectivity index (χ2n) is 5.89. The summed E-state index contributed by atoms with van der Waals surface area (Å²) in [5.41, 5.74) is 6.73. The van der Waals surface area contributed by atoms with E-state index in [4.69, 9.17) is 15.2 Å². The third-order valence-corrected chi connectivity index (χ3v) is 4.25. The molecule has 3 rings (SSSR count). The maximum atomic E-state index is 6.03. The van der Waals surface area contributed by atoms with Crippen molar-refractivity contribution < 1.29 is 9.47 Å². The Kier molecular flexibility index (Phi) is 5.37. The summed E-state index contributed by atoms with van der Waals surface area (Å²) in [6.45, 7) is 1.34. The van der Waals surface area contributed by atoms with Crippen molar-refractivity contribution in [2.75, 3.05) is 19.5 Å². The van der Waals surface area contributed by atoms with Gasteiger partial charge < -0.3 is 25.1 Å². The van der Waals surface area contributed by atoms with Crippen LogP contribution in [0.4, 0.5) is 5.69 Å². The van der Waals surface area contributed by atoms with E-state index < -0.39 is 0 Å². The number of hydrogen-bond donors (Lipinski definition) is 2. The number of aliphatic imine (C=N–C) groups is 1. The van der Waals surface area contributed by atoms with Crippen molar-refractivity contribution in [3.63, 3.8) is 0 Å². The molecule has 0 bridgehead atoms. The van der Waals surface area contributed by atoms with Gasteiger partial charge in [-0.05, 0) is 25.0 Å². The van der Waals surface area contributed by atoms with Crippen LogP contribution in [0.2, 0.25) is 0 Å². The first-order valence-corrected chi connectivity index (χ1v) is 8.41. The predicted octanol–water partition coefficient (Wildman–Crippen LogP) is 1.95. The zero-order valence-corrected chi connectivity index (χ0v) is 14.7. The maximum absolute atomic E-state index is 6.03. The SMILES string of the molecule is COc1ccc(OC)c(NC(N)=NCc2nnc3n2CCCCC3)c1. The molecule has 2 heterocycles. The Morgan fingerprint density at radius 3 is 2.92 bits per heavy atom. The minimum absolute atomic E-state index is 0.289. The molecular weight excluding hydrogens is 320 g/mol. The topological polar surface area (TPSA) is 99.6 Å². The standard InChI is InChI=1S/C17H24N6O2/c1-24-12-7-8-14(25-2)13(10-12)20-17(18)19-11-16-22-21-15-6-4-3-5-9-23(15)16/h7-8,10H,3-6,9,11H2,1-2H3,(H3,18,19,20). The molecule has 8 heteroatoms. The highest BCUT2D eigenvalue weighted by Crippen LogP contribution is 2.28. The van der Waals surface area contributed by atoms with Crippen LogP contribution >= 0.6 is 0 Å². The number of methoxy groups -OCH3 is 2. The summed E-state index contributed by atoms with van der Waals surface area (Å²) in [4.78, 5) is 4.40. The van der Waals surface area contributed by atoms with Gasteiger partial charge >= 0.3 is 0 Å². The maximum Gasteiger partial charge on any atom is 0.193 e. The first kappa shape index (κ1) is 17.1. The van der Waals surface area contributed by atoms with Crippen molar-refractivity contribution in [3.8, 4) is 11.5 Å². The Hall–Kier alpha value is -2.77. The first-order chi connectivity index (χ1) is 12.2. The Bertz CT molecular complexity index is 756. The van der Waals surface area contributed by atoms with Gasteiger partial charge in [-0.3, -0.25) is 0 Å². The van der Waals surface area contributed by atoms with E-state index >= 15 is 0 Å². The number of rotatable bonds is 5. The molecular formula is C17H24N6O2. The lowest BCUT2D eigenvalue weighted by molar-refractivity contribution is 0.405. The van der Waals surface area contributed by atoms with Crippen LogP contribution in [0.3, 0.4) is 0 Å². The van der Waals surface area contributed by atoms with Gasteiger partial charge in [0.05, 0.1) is 19.9 Å². The molecule has 0 aliphatic carbocycles. The molecule has 0 spiro atoms. The number of aryl methyl sites for hydroxylation is 1. The van der Waals surface area contributed by atoms with Gasteiger partial charge in [-0.2, -0.15) is 0 Å². The monoisotopic (exact) mass is 344 g/mol. The Balaban J connectivity index is 1.72. The summed E-state index contributed by atoms with van der Waals surface area (Å²) >= 11 is 0. The molecule has 1 aliphatic heterocycles. The number of nitrogens with two attached hydrogens (primary N) is 1. The zero-order chi connectivity index (χ0) is 17.6. The number of anilines is 1. The van der Waals surface area contributed by atoms with Crippen LogP contribution in [0.15, 0.2) is 23.2 Å². The number of hydrogen-bond acceptors (Lipinski definition) is 5. The minimum Gasteiger partial charge on any atom is -0.497 e. The van der Waals surface area contributed by atoms with E-state index in [1.807, 2.05) is 18.2 Å². The van der Waals surface area contributed by atoms with Gasteiger partial charge in [-0.15, -0.1) is 10.2 Å². The van der Waals surface area contributed by atoms with Crippen LogP contribution in [0.25, 0.3) is 0 Å². The van der Waals surface area contributed by atoms with Gasteiger partial charge in [0.25, 0.3) is 0 Å². The summed E-state index contributed by atoms with van der Waals surface area (Å²) in [5.74, 6) is 3.55. The highest BCUT2D eigenvalue weighted by Gasteiger charge is 2.14. The molecule has 0 atom stereocenters. The van der Waals surface area contributed by atoms with Gasteiger partial charge in [0, 0.05) is 19.0 Å². The Morgan fingerprint density at radius 2 is 2.12 bits per heavy atom. The fourth-order valence-corrected chi connectivity index (χ4v) is 2.91. The third-order valence-electron chi connectivity index (χ3n) is 4.25. The molecule has 1 aromatic heterocycles. The number of fused-ring (bicyclic) bond motifs is 1. The van der Waals surface area contributed by atoms with E-state index in [0.717, 1.165) is 31.0 Å². The van der Waals surface area contributed by atoms with Crippen LogP contribution in [0.5, 0.6) is 11.5 Å². The molecule has 25 heavy (non-hydrogen) atoms. The van der Waals surface area contributed by atoms with Crippen LogP contribution in [-0.4, -0.2) is 34.9 Å². The number of guanidine groups is 1. The lowest BCUT2D eigenvalue weighted by atomic mass is 10.2. The van der Waals surface area contributed by atoms with E-state index in [2.05, 4.69) is 25.1 Å². The number of nitrogens with one attached hydrogen (secondary N) is 1. The molecule has 0 amide bonds. The molecule has 3 N–H and O–H groups in total. The summed E-state index contributed by atoms with van der Waals surface area (Å²) in [6.07, 6.45) is 4.52. The van der Waals surface area contributed by atoms with E-state index in [0.29, 0.717) is 23.7 Å². The molecule has 2 aromatic rings. The van der Waals surface area contributed by atoms with Crippen LogP contribution in [-0.2, 0) is 19.5 Å². The molecule has 0 radical (unpaired) electrons. The smallest absolute Gasteiger partial charge is 0.193 e. The van der Waals surface area contributed by atoms with E-state index in [-0.39, 0.29) is 5.96 Å². The third kappa shape index (κ3) is 4.01. The van der Waals surface area contributed by atoms with Gasteiger partial charge in [0.15, 0.2) is 11.8 Å². The number of ether oxygens (including phenoxy) is 2. The van der Waals surface area contributed by atoms with Crippen molar-refractivity contribution in [3.05, 3.63) is 29.8 Å². The molecule has 1 aromatic carbocycles. The fourth-order valence-electron chi connectivity index (χ4n) is 2.91. The van der Waals surface area contributed by atoms with Crippen molar-refractivity contribution in [1.29, 1.82) is 0 Å². The molecule has 0 unspecified atom stereocenters. The second kappa shape index (κ2) is 7.87. The van der Waals surface area contributed by atoms with E-state index in [1.54, 1.807) is 14.2 Å². The van der Waals surface area contributed by atoms with Crippen LogP contribution in [0.1, 0.15) is 30.9 Å². The minimum atomic E-state index is 0.289. The Labute approximate surface area is 147 Å². The van der Waals surface area contributed by atoms with E-state index in [1.165, 1.54) is 12.8 Å². The number of nitrogens with zero attached hydrogens (tertiary/aromatic N) is 4. The quantitative estimate of drug-likeness (QED) is 0.635. The molecule has 134 valence electrons. The summed E-state index contributed by atoms with van der Waals surface area (Å²) in [5, 5.41) is 11.6. The fraction of sp³-hybridized carbons (Fsp3) is 0.471. The van der Waals surface area contributed by atoms with Crippen molar-refractivity contribution in [1.82, 2.24) is 14.8 Å². The van der Waals surface area contributed by atoms with Crippen LogP contribution in [0, 0.1) is 0 Å². The second-order valence-corrected chi connectivity index (χ2v) is 5.89. The molecule has 0 saturated carbocycles. The normalized spacial score (nSPS) is 14.6. The summed E-state index contributed by atoms with van der Waals surface area (Å²) < 4.78 is 12.7. The van der Waals surface area contributed by atoms with Crippen LogP contribution < -0.4 is 20.5 Å². The Morgan fingerprint density at radius 1 is 1.24 bits per heavy atom. The molecule has 0 saturated heterocycles. The first-order valence-electron chi connectivity index (χ1n) is 8.41. The molecule has 8 nitrogen and oxygen atoms in total. The highest BCUT2D eigenvalue weighted by molar-refractivity contribution is 5.93. The van der Waals surface area contributed by atoms with Gasteiger partial charge in [-0.25, -0.2) is 4.99 Å². The zero-order valence-electron chi connectivity index (χ0n) is 14.7. The number of benzene rings is 1. The van der Waals surface area contributed by atoms with Gasteiger partial charge in [-0.1, -0.05) is 6.42 Å². The lowest BCUT2D eigenvalue weighted by Crippen LogP contribution is -2.23. The lowest BCUT2D eigenvalue weighted by Gasteiger charge is -2.12. The summed E-state index contributed by atoms with van der Waals surface area (Å²) in [6, 6.07) is 5.44. The van der Waals surface area contributed by atoms with Crippen molar-refractivity contribution >= 4 is 11.6 Å². The van der Waals surface area contributed by atoms with Crippen molar-refractivity contribution in [2.45, 2.75) is 38.8 Å². The van der Waals surface area contributed by atoms with E-state index in [9.17, 15) is 0 Å². The van der Waals surface area contributed by atoms with Crippen molar-refractivity contribution in [2.24, 2.45) is 10.7 Å².